The van der Waals surface area contributed by atoms with Crippen LogP contribution in [0.4, 0.5) is 13.2 Å². The van der Waals surface area contributed by atoms with Gasteiger partial charge in [-0.25, -0.2) is 4.98 Å². The van der Waals surface area contributed by atoms with E-state index in [1.807, 2.05) is 30.3 Å². The molecule has 1 aliphatic rings. The number of carbonyl (C=O) groups excluding carboxylic acids is 2. The Morgan fingerprint density at radius 2 is 1.74 bits per heavy atom. The highest BCUT2D eigenvalue weighted by Crippen LogP contribution is 2.34. The third kappa shape index (κ3) is 5.67. The van der Waals surface area contributed by atoms with E-state index >= 15 is 0 Å². The number of rotatable bonds is 4. The highest BCUT2D eigenvalue weighted by molar-refractivity contribution is 6.35. The van der Waals surface area contributed by atoms with Crippen molar-refractivity contribution >= 4 is 46.0 Å². The van der Waals surface area contributed by atoms with Gasteiger partial charge in [-0.15, -0.1) is 0 Å². The summed E-state index contributed by atoms with van der Waals surface area (Å²) in [5, 5.41) is 2.68. The number of carbonyl (C=O) groups is 2. The van der Waals surface area contributed by atoms with Crippen molar-refractivity contribution in [2.45, 2.75) is 24.6 Å². The van der Waals surface area contributed by atoms with Crippen LogP contribution in [-0.2, 0) is 6.18 Å². The van der Waals surface area contributed by atoms with E-state index in [-0.39, 0.29) is 24.1 Å². The molecule has 2 aromatic carbocycles. The summed E-state index contributed by atoms with van der Waals surface area (Å²) in [6.07, 6.45) is -0.646. The van der Waals surface area contributed by atoms with Gasteiger partial charge in [0.15, 0.2) is 0 Å². The first kappa shape index (κ1) is 26.8. The van der Waals surface area contributed by atoms with Crippen molar-refractivity contribution in [1.82, 2.24) is 25.2 Å². The van der Waals surface area contributed by atoms with E-state index in [0.717, 1.165) is 11.8 Å². The second kappa shape index (κ2) is 10.8. The number of likely N-dealkylation sites (tertiary alicyclic amines) is 1. The van der Waals surface area contributed by atoms with E-state index in [4.69, 9.17) is 23.2 Å². The molecule has 12 heteroatoms. The summed E-state index contributed by atoms with van der Waals surface area (Å²) in [5.74, 6) is -1.59. The zero-order valence-electron chi connectivity index (χ0n) is 20.1. The fourth-order valence-electron chi connectivity index (χ4n) is 4.78. The first-order valence-electron chi connectivity index (χ1n) is 11.9. The lowest BCUT2D eigenvalue weighted by Gasteiger charge is -2.39. The Kier molecular flexibility index (Phi) is 7.42. The summed E-state index contributed by atoms with van der Waals surface area (Å²) in [4.78, 5) is 40.3. The number of halogens is 5. The number of fused-ring (bicyclic) bond motifs is 1. The van der Waals surface area contributed by atoms with Crippen LogP contribution in [0.3, 0.4) is 0 Å². The average molecular weight is 574 g/mol. The van der Waals surface area contributed by atoms with Crippen molar-refractivity contribution in [1.29, 1.82) is 0 Å². The lowest BCUT2D eigenvalue weighted by Crippen LogP contribution is -2.51. The van der Waals surface area contributed by atoms with Gasteiger partial charge in [-0.3, -0.25) is 19.6 Å². The Hall–Kier alpha value is -3.76. The van der Waals surface area contributed by atoms with Crippen molar-refractivity contribution in [2.24, 2.45) is 0 Å². The fourth-order valence-corrected chi connectivity index (χ4v) is 5.20. The van der Waals surface area contributed by atoms with Gasteiger partial charge in [-0.05, 0) is 30.2 Å². The molecule has 0 saturated carbocycles. The lowest BCUT2D eigenvalue weighted by molar-refractivity contribution is -0.138. The number of amides is 2. The largest absolute Gasteiger partial charge is 0.417 e. The minimum absolute atomic E-state index is 0.217. The van der Waals surface area contributed by atoms with E-state index in [2.05, 4.69) is 20.3 Å². The topological polar surface area (TPSA) is 88.1 Å². The molecule has 2 amide bonds. The minimum atomic E-state index is -4.79. The predicted molar refractivity (Wildman–Crippen MR) is 140 cm³/mol. The van der Waals surface area contributed by atoms with Gasteiger partial charge in [0, 0.05) is 49.2 Å². The molecular formula is C27H20Cl2F3N5O2. The summed E-state index contributed by atoms with van der Waals surface area (Å²) >= 11 is 12.0. The van der Waals surface area contributed by atoms with E-state index in [0.29, 0.717) is 34.1 Å². The van der Waals surface area contributed by atoms with Gasteiger partial charge in [-0.2, -0.15) is 13.2 Å². The van der Waals surface area contributed by atoms with Crippen LogP contribution in [-0.4, -0.2) is 50.8 Å². The van der Waals surface area contributed by atoms with Crippen molar-refractivity contribution in [3.05, 3.63) is 99.6 Å². The van der Waals surface area contributed by atoms with Gasteiger partial charge < -0.3 is 10.2 Å². The number of hydrogen-bond donors (Lipinski definition) is 1. The zero-order valence-corrected chi connectivity index (χ0v) is 21.6. The number of aromatic nitrogens is 3. The molecule has 4 aromatic rings. The van der Waals surface area contributed by atoms with Gasteiger partial charge in [0.1, 0.15) is 10.7 Å². The normalized spacial score (nSPS) is 17.7. The molecule has 5 rings (SSSR count). The highest BCUT2D eigenvalue weighted by Gasteiger charge is 2.38. The third-order valence-corrected chi connectivity index (χ3v) is 7.13. The minimum Gasteiger partial charge on any atom is -0.348 e. The number of pyridine rings is 1. The Morgan fingerprint density at radius 1 is 1.00 bits per heavy atom. The van der Waals surface area contributed by atoms with Gasteiger partial charge >= 0.3 is 6.18 Å². The van der Waals surface area contributed by atoms with Crippen molar-refractivity contribution < 1.29 is 22.8 Å². The molecular weight excluding hydrogens is 554 g/mol. The first-order valence-corrected chi connectivity index (χ1v) is 12.7. The molecule has 1 aliphatic heterocycles. The van der Waals surface area contributed by atoms with E-state index in [9.17, 15) is 22.8 Å². The molecule has 0 aliphatic carbocycles. The van der Waals surface area contributed by atoms with E-state index in [1.54, 1.807) is 17.0 Å². The zero-order chi connectivity index (χ0) is 27.7. The Bertz CT molecular complexity index is 1550. The SMILES string of the molecule is O=C(N[C@@H]1CCN(C(=O)c2cc(Cl)c3nccnc3c2)C[C@@H]1c1ccccc1)c1cnc(Cl)cc1C(F)(F)F. The number of benzene rings is 2. The molecule has 0 bridgehead atoms. The molecule has 0 spiro atoms. The van der Waals surface area contributed by atoms with Crippen LogP contribution < -0.4 is 5.32 Å². The van der Waals surface area contributed by atoms with Crippen molar-refractivity contribution in [3.63, 3.8) is 0 Å². The van der Waals surface area contributed by atoms with Gasteiger partial charge in [0.2, 0.25) is 0 Å². The molecule has 1 fully saturated rings. The molecule has 0 unspecified atom stereocenters. The highest BCUT2D eigenvalue weighted by atomic mass is 35.5. The second-order valence-electron chi connectivity index (χ2n) is 9.07. The van der Waals surface area contributed by atoms with Crippen LogP contribution in [0, 0.1) is 0 Å². The second-order valence-corrected chi connectivity index (χ2v) is 9.86. The van der Waals surface area contributed by atoms with Gasteiger partial charge in [-0.1, -0.05) is 53.5 Å². The van der Waals surface area contributed by atoms with Crippen LogP contribution in [0.2, 0.25) is 10.2 Å². The molecule has 1 saturated heterocycles. The van der Waals surface area contributed by atoms with Crippen LogP contribution in [0.1, 0.15) is 44.2 Å². The maximum absolute atomic E-state index is 13.6. The molecule has 3 heterocycles. The number of hydrogen-bond acceptors (Lipinski definition) is 5. The first-order chi connectivity index (χ1) is 18.6. The summed E-state index contributed by atoms with van der Waals surface area (Å²) in [6, 6.07) is 12.4. The van der Waals surface area contributed by atoms with Crippen LogP contribution in [0.15, 0.2) is 67.1 Å². The fraction of sp³-hybridized carbons (Fsp3) is 0.222. The molecule has 1 N–H and O–H groups in total. The Balaban J connectivity index is 1.42. The summed E-state index contributed by atoms with van der Waals surface area (Å²) in [5.41, 5.74) is 0.336. The maximum atomic E-state index is 13.6. The monoisotopic (exact) mass is 573 g/mol. The van der Waals surface area contributed by atoms with Crippen LogP contribution in [0.25, 0.3) is 11.0 Å². The molecule has 2 atom stereocenters. The smallest absolute Gasteiger partial charge is 0.348 e. The summed E-state index contributed by atoms with van der Waals surface area (Å²) < 4.78 is 40.8. The number of nitrogens with one attached hydrogen (secondary N) is 1. The Morgan fingerprint density at radius 3 is 2.49 bits per heavy atom. The summed E-state index contributed by atoms with van der Waals surface area (Å²) in [6.45, 7) is 0.475. The molecule has 2 aromatic heterocycles. The van der Waals surface area contributed by atoms with Crippen LogP contribution in [0.5, 0.6) is 0 Å². The van der Waals surface area contributed by atoms with Gasteiger partial charge in [0.25, 0.3) is 11.8 Å². The third-order valence-electron chi connectivity index (χ3n) is 6.64. The average Bonchev–Trinajstić information content (AvgIpc) is 2.92. The van der Waals surface area contributed by atoms with Crippen molar-refractivity contribution in [2.75, 3.05) is 13.1 Å². The molecule has 7 nitrogen and oxygen atoms in total. The quantitative estimate of drug-likeness (QED) is 0.313. The Labute approximate surface area is 231 Å². The predicted octanol–water partition coefficient (Wildman–Crippen LogP) is 5.78. The van der Waals surface area contributed by atoms with Crippen molar-refractivity contribution in [3.8, 4) is 0 Å². The lowest BCUT2D eigenvalue weighted by atomic mass is 9.85. The van der Waals surface area contributed by atoms with E-state index < -0.39 is 35.2 Å². The molecule has 0 radical (unpaired) electrons. The van der Waals surface area contributed by atoms with Gasteiger partial charge in [0.05, 0.1) is 21.7 Å². The molecule has 39 heavy (non-hydrogen) atoms. The number of nitrogens with zero attached hydrogens (tertiary/aromatic N) is 4. The number of alkyl halides is 3. The van der Waals surface area contributed by atoms with E-state index in [1.165, 1.54) is 12.4 Å². The maximum Gasteiger partial charge on any atom is 0.417 e. The summed E-state index contributed by atoms with van der Waals surface area (Å²) in [7, 11) is 0. The number of piperidine rings is 1. The van der Waals surface area contributed by atoms with Crippen LogP contribution >= 0.6 is 23.2 Å². The standard InChI is InChI=1S/C27H20Cl2F3N5O2/c28-20-10-16(11-22-24(20)34-8-7-33-22)26(39)37-9-6-21(18(14-37)15-4-2-1-3-5-15)36-25(38)17-13-35-23(29)12-19(17)27(30,31)32/h1-5,7-8,10-13,18,21H,6,9,14H2,(H,36,38)/t18-,21-/m1/s1. The molecule has 200 valence electrons.